The summed E-state index contributed by atoms with van der Waals surface area (Å²) in [6.07, 6.45) is 2.68. The molecule has 2 heteroatoms. The first-order valence-corrected chi connectivity index (χ1v) is 6.15. The molecule has 0 heterocycles. The molecule has 0 aliphatic carbocycles. The molecule has 18 heavy (non-hydrogen) atoms. The van der Waals surface area contributed by atoms with Crippen LogP contribution in [0, 0.1) is 0 Å². The van der Waals surface area contributed by atoms with E-state index in [4.69, 9.17) is 4.74 Å². The second kappa shape index (κ2) is 5.69. The molecule has 0 aliphatic heterocycles. The molecule has 0 radical (unpaired) electrons. The van der Waals surface area contributed by atoms with Gasteiger partial charge in [-0.05, 0) is 12.3 Å². The van der Waals surface area contributed by atoms with Crippen LogP contribution in [0.4, 0.5) is 0 Å². The number of benzene rings is 2. The van der Waals surface area contributed by atoms with E-state index in [0.717, 1.165) is 28.5 Å². The van der Waals surface area contributed by atoms with Crippen molar-refractivity contribution in [2.24, 2.45) is 0 Å². The minimum absolute atomic E-state index is 0.0129. The molecule has 0 bridgehead atoms. The summed E-state index contributed by atoms with van der Waals surface area (Å²) in [4.78, 5) is 0. The van der Waals surface area contributed by atoms with Crippen molar-refractivity contribution in [2.75, 3.05) is 0 Å². The molecule has 2 nitrogen and oxygen atoms in total. The van der Waals surface area contributed by atoms with Crippen LogP contribution >= 0.6 is 0 Å². The summed E-state index contributed by atoms with van der Waals surface area (Å²) in [6.45, 7) is 5.71. The van der Waals surface area contributed by atoms with Crippen LogP contribution in [-0.2, 0) is 6.61 Å². The van der Waals surface area contributed by atoms with Crippen molar-refractivity contribution < 1.29 is 9.84 Å². The van der Waals surface area contributed by atoms with E-state index in [9.17, 15) is 5.11 Å². The molecule has 0 aromatic heterocycles. The predicted octanol–water partition coefficient (Wildman–Crippen LogP) is 3.68. The van der Waals surface area contributed by atoms with Gasteiger partial charge in [0.05, 0.1) is 12.7 Å². The molecule has 0 amide bonds. The summed E-state index contributed by atoms with van der Waals surface area (Å²) in [5.41, 5.74) is 0.824. The fourth-order valence-corrected chi connectivity index (χ4v) is 2.04. The first-order valence-electron chi connectivity index (χ1n) is 6.15. The number of aliphatic hydroxyl groups excluding tert-OH is 1. The van der Waals surface area contributed by atoms with E-state index in [2.05, 4.69) is 6.58 Å². The number of hydrogen-bond donors (Lipinski definition) is 1. The summed E-state index contributed by atoms with van der Waals surface area (Å²) in [7, 11) is 0. The van der Waals surface area contributed by atoms with Crippen LogP contribution in [0.3, 0.4) is 0 Å². The highest BCUT2D eigenvalue weighted by Gasteiger charge is 2.11. The van der Waals surface area contributed by atoms with Crippen molar-refractivity contribution in [2.45, 2.75) is 26.1 Å². The summed E-state index contributed by atoms with van der Waals surface area (Å²) in [5.74, 6) is 0.782. The Labute approximate surface area is 108 Å². The van der Waals surface area contributed by atoms with Gasteiger partial charge in [0.25, 0.3) is 0 Å². The monoisotopic (exact) mass is 242 g/mol. The number of fused-ring (bicyclic) bond motifs is 1. The third-order valence-corrected chi connectivity index (χ3v) is 2.95. The molecule has 94 valence electrons. The highest BCUT2D eigenvalue weighted by molar-refractivity contribution is 5.89. The Morgan fingerprint density at radius 1 is 1.28 bits per heavy atom. The number of rotatable bonds is 5. The minimum atomic E-state index is -0.0129. The quantitative estimate of drug-likeness (QED) is 0.810. The van der Waals surface area contributed by atoms with Crippen LogP contribution in [0.15, 0.2) is 49.1 Å². The second-order valence-corrected chi connectivity index (χ2v) is 4.39. The Morgan fingerprint density at radius 2 is 2.06 bits per heavy atom. The van der Waals surface area contributed by atoms with Gasteiger partial charge in [-0.25, -0.2) is 0 Å². The van der Waals surface area contributed by atoms with Crippen LogP contribution in [0.5, 0.6) is 5.75 Å². The average molecular weight is 242 g/mol. The first kappa shape index (κ1) is 12.7. The maximum absolute atomic E-state index is 9.42. The molecule has 1 N–H and O–H groups in total. The summed E-state index contributed by atoms with van der Waals surface area (Å²) in [5, 5.41) is 11.6. The Bertz CT molecular complexity index is 546. The van der Waals surface area contributed by atoms with E-state index in [1.807, 2.05) is 49.4 Å². The molecule has 1 atom stereocenters. The van der Waals surface area contributed by atoms with E-state index < -0.39 is 0 Å². The van der Waals surface area contributed by atoms with Crippen LogP contribution < -0.4 is 4.74 Å². The van der Waals surface area contributed by atoms with Crippen molar-refractivity contribution in [3.05, 3.63) is 54.6 Å². The lowest BCUT2D eigenvalue weighted by Crippen LogP contribution is -2.12. The van der Waals surface area contributed by atoms with Gasteiger partial charge in [0.2, 0.25) is 0 Å². The summed E-state index contributed by atoms with van der Waals surface area (Å²) < 4.78 is 5.96. The van der Waals surface area contributed by atoms with E-state index in [0.29, 0.717) is 0 Å². The van der Waals surface area contributed by atoms with E-state index in [1.165, 1.54) is 0 Å². The van der Waals surface area contributed by atoms with E-state index in [-0.39, 0.29) is 12.7 Å². The zero-order chi connectivity index (χ0) is 13.0. The molecule has 2 rings (SSSR count). The fourth-order valence-electron chi connectivity index (χ4n) is 2.04. The molecule has 1 unspecified atom stereocenters. The van der Waals surface area contributed by atoms with Crippen LogP contribution in [-0.4, -0.2) is 11.2 Å². The highest BCUT2D eigenvalue weighted by Crippen LogP contribution is 2.31. The molecular formula is C16H18O2. The summed E-state index contributed by atoms with van der Waals surface area (Å²) >= 11 is 0. The third kappa shape index (κ3) is 2.54. The lowest BCUT2D eigenvalue weighted by molar-refractivity contribution is 0.215. The zero-order valence-electron chi connectivity index (χ0n) is 10.6. The Morgan fingerprint density at radius 3 is 2.78 bits per heavy atom. The SMILES string of the molecule is C=CCC(C)Oc1c(CO)ccc2ccccc12. The smallest absolute Gasteiger partial charge is 0.133 e. The number of aliphatic hydroxyl groups is 1. The van der Waals surface area contributed by atoms with Crippen LogP contribution in [0.25, 0.3) is 10.8 Å². The van der Waals surface area contributed by atoms with Crippen molar-refractivity contribution >= 4 is 10.8 Å². The maximum Gasteiger partial charge on any atom is 0.133 e. The minimum Gasteiger partial charge on any atom is -0.489 e. The van der Waals surface area contributed by atoms with Crippen molar-refractivity contribution in [3.8, 4) is 5.75 Å². The van der Waals surface area contributed by atoms with Gasteiger partial charge in [0.15, 0.2) is 0 Å². The van der Waals surface area contributed by atoms with Gasteiger partial charge in [-0.2, -0.15) is 0 Å². The second-order valence-electron chi connectivity index (χ2n) is 4.39. The standard InChI is InChI=1S/C16H18O2/c1-3-6-12(2)18-16-14(11-17)10-9-13-7-4-5-8-15(13)16/h3-5,7-10,12,17H,1,6,11H2,2H3. The first-order chi connectivity index (χ1) is 8.76. The fraction of sp³-hybridized carbons (Fsp3) is 0.250. The van der Waals surface area contributed by atoms with E-state index in [1.54, 1.807) is 0 Å². The topological polar surface area (TPSA) is 29.5 Å². The van der Waals surface area contributed by atoms with E-state index >= 15 is 0 Å². The van der Waals surface area contributed by atoms with Gasteiger partial charge in [0, 0.05) is 17.4 Å². The molecule has 2 aromatic rings. The number of hydrogen-bond acceptors (Lipinski definition) is 2. The van der Waals surface area contributed by atoms with Crippen molar-refractivity contribution in [1.82, 2.24) is 0 Å². The molecule has 0 fully saturated rings. The lowest BCUT2D eigenvalue weighted by Gasteiger charge is -2.17. The molecular weight excluding hydrogens is 224 g/mol. The zero-order valence-corrected chi connectivity index (χ0v) is 10.6. The Kier molecular flexibility index (Phi) is 4.00. The molecule has 2 aromatic carbocycles. The molecule has 0 saturated heterocycles. The normalized spacial score (nSPS) is 12.3. The highest BCUT2D eigenvalue weighted by atomic mass is 16.5. The summed E-state index contributed by atoms with van der Waals surface area (Å²) in [6, 6.07) is 12.0. The molecule has 0 saturated carbocycles. The van der Waals surface area contributed by atoms with Crippen LogP contribution in [0.2, 0.25) is 0 Å². The van der Waals surface area contributed by atoms with Crippen molar-refractivity contribution in [3.63, 3.8) is 0 Å². The predicted molar refractivity (Wildman–Crippen MR) is 74.8 cm³/mol. The largest absolute Gasteiger partial charge is 0.489 e. The maximum atomic E-state index is 9.42. The Balaban J connectivity index is 2.47. The lowest BCUT2D eigenvalue weighted by atomic mass is 10.1. The average Bonchev–Trinajstić information content (AvgIpc) is 2.39. The number of ether oxygens (including phenoxy) is 1. The van der Waals surface area contributed by atoms with Gasteiger partial charge in [-0.3, -0.25) is 0 Å². The van der Waals surface area contributed by atoms with Gasteiger partial charge in [-0.1, -0.05) is 42.5 Å². The van der Waals surface area contributed by atoms with Gasteiger partial charge < -0.3 is 9.84 Å². The van der Waals surface area contributed by atoms with Gasteiger partial charge >= 0.3 is 0 Å². The van der Waals surface area contributed by atoms with Crippen LogP contribution in [0.1, 0.15) is 18.9 Å². The molecule has 0 aliphatic rings. The van der Waals surface area contributed by atoms with Crippen molar-refractivity contribution in [1.29, 1.82) is 0 Å². The Hall–Kier alpha value is -1.80. The molecule has 0 spiro atoms. The van der Waals surface area contributed by atoms with Gasteiger partial charge in [0.1, 0.15) is 5.75 Å². The third-order valence-electron chi connectivity index (χ3n) is 2.95. The van der Waals surface area contributed by atoms with Gasteiger partial charge in [-0.15, -0.1) is 6.58 Å².